The van der Waals surface area contributed by atoms with Crippen LogP contribution in [0.2, 0.25) is 0 Å². The van der Waals surface area contributed by atoms with E-state index in [2.05, 4.69) is 15.9 Å². The lowest BCUT2D eigenvalue weighted by atomic mass is 10.3. The van der Waals surface area contributed by atoms with Crippen molar-refractivity contribution >= 4 is 21.7 Å². The summed E-state index contributed by atoms with van der Waals surface area (Å²) in [5, 5.41) is 0.0489. The molecule has 0 spiro atoms. The predicted octanol–water partition coefficient (Wildman–Crippen LogP) is 1.61. The molecule has 1 unspecified atom stereocenters. The number of hydrogen-bond donors (Lipinski definition) is 0. The highest BCUT2D eigenvalue weighted by Gasteiger charge is 2.60. The van der Waals surface area contributed by atoms with Crippen molar-refractivity contribution in [2.24, 2.45) is 5.92 Å². The molecule has 4 heteroatoms. The molecule has 1 atom stereocenters. The number of halogens is 3. The number of Topliss-reactive ketones (excluding diaryl/α,β-unsaturated/α-hetero) is 1. The third kappa shape index (κ3) is 1.28. The summed E-state index contributed by atoms with van der Waals surface area (Å²) in [6, 6.07) is 0. The van der Waals surface area contributed by atoms with E-state index in [1.807, 2.05) is 0 Å². The van der Waals surface area contributed by atoms with Crippen molar-refractivity contribution in [2.45, 2.75) is 12.3 Å². The first-order chi connectivity index (χ1) is 4.08. The average Bonchev–Trinajstić information content (AvgIpc) is 2.38. The lowest BCUT2D eigenvalue weighted by molar-refractivity contribution is -0.119. The minimum absolute atomic E-state index is 0.0489. The monoisotopic (exact) mass is 198 g/mol. The summed E-state index contributed by atoms with van der Waals surface area (Å²) in [7, 11) is 0. The van der Waals surface area contributed by atoms with Crippen LogP contribution in [0.1, 0.15) is 6.42 Å². The molecule has 0 N–H and O–H groups in total. The molecule has 0 bridgehead atoms. The molecule has 0 aliphatic heterocycles. The van der Waals surface area contributed by atoms with Gasteiger partial charge in [0.05, 0.1) is 11.2 Å². The van der Waals surface area contributed by atoms with Gasteiger partial charge in [0.15, 0.2) is 5.78 Å². The van der Waals surface area contributed by atoms with Crippen LogP contribution in [0.4, 0.5) is 8.78 Å². The minimum Gasteiger partial charge on any atom is -0.298 e. The largest absolute Gasteiger partial charge is 0.298 e. The minimum atomic E-state index is -2.69. The van der Waals surface area contributed by atoms with E-state index < -0.39 is 11.8 Å². The Labute approximate surface area is 59.6 Å². The van der Waals surface area contributed by atoms with Gasteiger partial charge in [0, 0.05) is 6.42 Å². The van der Waals surface area contributed by atoms with Crippen LogP contribution in [0.5, 0.6) is 0 Å². The third-order valence-electron chi connectivity index (χ3n) is 1.35. The van der Waals surface area contributed by atoms with Gasteiger partial charge in [0.25, 0.3) is 5.92 Å². The van der Waals surface area contributed by atoms with E-state index >= 15 is 0 Å². The van der Waals surface area contributed by atoms with E-state index in [0.717, 1.165) is 0 Å². The van der Waals surface area contributed by atoms with Crippen LogP contribution in [-0.4, -0.2) is 17.0 Å². The summed E-state index contributed by atoms with van der Waals surface area (Å²) in [4.78, 5) is 10.5. The van der Waals surface area contributed by atoms with Crippen LogP contribution in [-0.2, 0) is 4.79 Å². The van der Waals surface area contributed by atoms with Gasteiger partial charge in [-0.15, -0.1) is 0 Å². The summed E-state index contributed by atoms with van der Waals surface area (Å²) in [6.45, 7) is 0. The van der Waals surface area contributed by atoms with E-state index in [4.69, 9.17) is 0 Å². The molecule has 0 heterocycles. The summed E-state index contributed by atoms with van der Waals surface area (Å²) in [5.41, 5.74) is 0. The molecule has 52 valence electrons. The highest BCUT2D eigenvalue weighted by Crippen LogP contribution is 2.49. The maximum Gasteiger partial charge on any atom is 0.258 e. The zero-order valence-electron chi connectivity index (χ0n) is 4.53. The Bertz CT molecular complexity index is 146. The summed E-state index contributed by atoms with van der Waals surface area (Å²) in [5.74, 6) is -4.07. The van der Waals surface area contributed by atoms with Crippen LogP contribution >= 0.6 is 15.9 Å². The highest BCUT2D eigenvalue weighted by molar-refractivity contribution is 9.09. The molecule has 0 radical (unpaired) electrons. The number of hydrogen-bond acceptors (Lipinski definition) is 1. The van der Waals surface area contributed by atoms with Crippen molar-refractivity contribution in [1.29, 1.82) is 0 Å². The second-order valence-corrected chi connectivity index (χ2v) is 2.68. The van der Waals surface area contributed by atoms with E-state index in [-0.39, 0.29) is 17.5 Å². The molecule has 1 nitrogen and oxygen atoms in total. The Morgan fingerprint density at radius 2 is 2.22 bits per heavy atom. The number of rotatable bonds is 2. The smallest absolute Gasteiger partial charge is 0.258 e. The molecule has 1 saturated carbocycles. The summed E-state index contributed by atoms with van der Waals surface area (Å²) >= 11 is 2.82. The van der Waals surface area contributed by atoms with Gasteiger partial charge in [-0.2, -0.15) is 0 Å². The van der Waals surface area contributed by atoms with Gasteiger partial charge in [-0.3, -0.25) is 4.79 Å². The van der Waals surface area contributed by atoms with Crippen LogP contribution in [0.15, 0.2) is 0 Å². The van der Waals surface area contributed by atoms with Gasteiger partial charge in [0.1, 0.15) is 0 Å². The van der Waals surface area contributed by atoms with Gasteiger partial charge in [-0.05, 0) is 0 Å². The average molecular weight is 199 g/mol. The molecule has 0 aromatic rings. The lowest BCUT2D eigenvalue weighted by Crippen LogP contribution is -2.07. The maximum absolute atomic E-state index is 12.0. The van der Waals surface area contributed by atoms with Gasteiger partial charge < -0.3 is 0 Å². The lowest BCUT2D eigenvalue weighted by Gasteiger charge is -1.90. The molecular weight excluding hydrogens is 194 g/mol. The van der Waals surface area contributed by atoms with Gasteiger partial charge in [-0.1, -0.05) is 15.9 Å². The van der Waals surface area contributed by atoms with Crippen molar-refractivity contribution in [3.05, 3.63) is 0 Å². The maximum atomic E-state index is 12.0. The fourth-order valence-electron chi connectivity index (χ4n) is 0.656. The fraction of sp³-hybridized carbons (Fsp3) is 0.800. The number of carbonyl (C=O) groups excluding carboxylic acids is 1. The Kier molecular flexibility index (Phi) is 1.59. The van der Waals surface area contributed by atoms with Crippen LogP contribution in [0, 0.1) is 5.92 Å². The van der Waals surface area contributed by atoms with Crippen molar-refractivity contribution in [1.82, 2.24) is 0 Å². The number of alkyl halides is 3. The first kappa shape index (κ1) is 7.12. The molecule has 0 saturated heterocycles. The predicted molar refractivity (Wildman–Crippen MR) is 31.9 cm³/mol. The quantitative estimate of drug-likeness (QED) is 0.617. The van der Waals surface area contributed by atoms with Crippen LogP contribution < -0.4 is 0 Å². The normalized spacial score (nSPS) is 29.9. The van der Waals surface area contributed by atoms with Crippen LogP contribution in [0.3, 0.4) is 0 Å². The van der Waals surface area contributed by atoms with Crippen molar-refractivity contribution < 1.29 is 13.6 Å². The molecule has 9 heavy (non-hydrogen) atoms. The Hall–Kier alpha value is 0.01000. The Morgan fingerprint density at radius 1 is 1.78 bits per heavy atom. The second-order valence-electron chi connectivity index (χ2n) is 2.12. The first-order valence-corrected chi connectivity index (χ1v) is 3.66. The van der Waals surface area contributed by atoms with E-state index in [9.17, 15) is 13.6 Å². The second kappa shape index (κ2) is 2.01. The first-order valence-electron chi connectivity index (χ1n) is 2.54. The van der Waals surface area contributed by atoms with Crippen molar-refractivity contribution in [3.63, 3.8) is 0 Å². The molecule has 0 aromatic carbocycles. The SMILES string of the molecule is O=C(CBr)C1CC1(F)F. The Balaban J connectivity index is 2.42. The van der Waals surface area contributed by atoms with Gasteiger partial charge >= 0.3 is 0 Å². The number of ketones is 1. The molecule has 1 fully saturated rings. The van der Waals surface area contributed by atoms with E-state index in [0.29, 0.717) is 0 Å². The van der Waals surface area contributed by atoms with E-state index in [1.165, 1.54) is 0 Å². The zero-order valence-corrected chi connectivity index (χ0v) is 6.12. The third-order valence-corrected chi connectivity index (χ3v) is 1.90. The molecule has 1 aliphatic rings. The molecule has 1 rings (SSSR count). The highest BCUT2D eigenvalue weighted by atomic mass is 79.9. The molecule has 0 amide bonds. The molecular formula is C5H5BrF2O. The number of carbonyl (C=O) groups is 1. The molecule has 0 aromatic heterocycles. The standard InChI is InChI=1S/C5H5BrF2O/c6-2-4(9)3-1-5(3,7)8/h3H,1-2H2. The van der Waals surface area contributed by atoms with E-state index in [1.54, 1.807) is 0 Å². The summed E-state index contributed by atoms with van der Waals surface area (Å²) < 4.78 is 24.0. The molecule has 1 aliphatic carbocycles. The van der Waals surface area contributed by atoms with Gasteiger partial charge in [-0.25, -0.2) is 8.78 Å². The Morgan fingerprint density at radius 3 is 2.33 bits per heavy atom. The van der Waals surface area contributed by atoms with Crippen LogP contribution in [0.25, 0.3) is 0 Å². The fourth-order valence-corrected chi connectivity index (χ4v) is 1.05. The summed E-state index contributed by atoms with van der Waals surface area (Å²) in [6.07, 6.45) is -0.253. The topological polar surface area (TPSA) is 17.1 Å². The zero-order chi connectivity index (χ0) is 7.07. The van der Waals surface area contributed by atoms with Crippen molar-refractivity contribution in [2.75, 3.05) is 5.33 Å². The van der Waals surface area contributed by atoms with Crippen molar-refractivity contribution in [3.8, 4) is 0 Å². The van der Waals surface area contributed by atoms with Gasteiger partial charge in [0.2, 0.25) is 0 Å².